The minimum atomic E-state index is 0.740. The van der Waals surface area contributed by atoms with E-state index in [2.05, 4.69) is 17.0 Å². The van der Waals surface area contributed by atoms with Crippen molar-refractivity contribution in [2.24, 2.45) is 0 Å². The summed E-state index contributed by atoms with van der Waals surface area (Å²) < 4.78 is 0. The molecule has 0 aliphatic rings. The van der Waals surface area contributed by atoms with Gasteiger partial charge < -0.3 is 4.90 Å². The highest BCUT2D eigenvalue weighted by atomic mass is 35.5. The largest absolute Gasteiger partial charge is 0.305 e. The number of hydrogen-bond acceptors (Lipinski definition) is 1. The molecule has 0 amide bonds. The highest BCUT2D eigenvalue weighted by Crippen LogP contribution is 2.29. The molecule has 0 spiro atoms. The topological polar surface area (TPSA) is 3.24 Å². The van der Waals surface area contributed by atoms with Crippen LogP contribution >= 0.6 is 23.2 Å². The van der Waals surface area contributed by atoms with Crippen molar-refractivity contribution in [3.63, 3.8) is 0 Å². The third-order valence-corrected chi connectivity index (χ3v) is 3.16. The van der Waals surface area contributed by atoms with Gasteiger partial charge in [0.2, 0.25) is 0 Å². The fourth-order valence-electron chi connectivity index (χ4n) is 1.77. The second-order valence-corrected chi connectivity index (χ2v) is 4.96. The minimum absolute atomic E-state index is 0.740. The first-order valence-electron chi connectivity index (χ1n) is 5.09. The molecule has 0 fully saturated rings. The van der Waals surface area contributed by atoms with Crippen molar-refractivity contribution in [3.05, 3.63) is 45.9 Å². The van der Waals surface area contributed by atoms with Crippen molar-refractivity contribution in [2.45, 2.75) is 6.54 Å². The number of fused-ring (bicyclic) bond motifs is 1. The third kappa shape index (κ3) is 2.32. The standard InChI is InChI=1S/C13H13Cl2N/c1-16(2)8-10-4-3-9-7-11(14)5-6-12(9)13(10)15/h3-7H,8H2,1-2H3. The molecule has 0 unspecified atom stereocenters. The zero-order valence-corrected chi connectivity index (χ0v) is 10.8. The van der Waals surface area contributed by atoms with Crippen molar-refractivity contribution >= 4 is 34.0 Å². The summed E-state index contributed by atoms with van der Waals surface area (Å²) in [5.41, 5.74) is 1.14. The third-order valence-electron chi connectivity index (χ3n) is 2.48. The Morgan fingerprint density at radius 3 is 2.50 bits per heavy atom. The molecule has 2 aromatic rings. The Hall–Kier alpha value is -0.760. The predicted molar refractivity (Wildman–Crippen MR) is 71.4 cm³/mol. The minimum Gasteiger partial charge on any atom is -0.305 e. The van der Waals surface area contributed by atoms with Gasteiger partial charge in [0, 0.05) is 17.0 Å². The summed E-state index contributed by atoms with van der Waals surface area (Å²) in [7, 11) is 4.06. The maximum Gasteiger partial charge on any atom is 0.0529 e. The van der Waals surface area contributed by atoms with Crippen LogP contribution in [0.5, 0.6) is 0 Å². The molecule has 0 aromatic heterocycles. The van der Waals surface area contributed by atoms with Crippen LogP contribution in [0.4, 0.5) is 0 Å². The molecule has 2 aromatic carbocycles. The van der Waals surface area contributed by atoms with Crippen molar-refractivity contribution in [2.75, 3.05) is 14.1 Å². The summed E-state index contributed by atoms with van der Waals surface area (Å²) in [6.45, 7) is 0.845. The number of benzene rings is 2. The average Bonchev–Trinajstić information content (AvgIpc) is 2.22. The Morgan fingerprint density at radius 2 is 1.81 bits per heavy atom. The van der Waals surface area contributed by atoms with E-state index in [4.69, 9.17) is 23.2 Å². The predicted octanol–water partition coefficient (Wildman–Crippen LogP) is 4.21. The molecule has 0 saturated carbocycles. The normalized spacial score (nSPS) is 11.3. The van der Waals surface area contributed by atoms with Crippen molar-refractivity contribution in [1.29, 1.82) is 0 Å². The van der Waals surface area contributed by atoms with Gasteiger partial charge in [-0.25, -0.2) is 0 Å². The van der Waals surface area contributed by atoms with Crippen LogP contribution in [0, 0.1) is 0 Å². The SMILES string of the molecule is CN(C)Cc1ccc2cc(Cl)ccc2c1Cl. The molecule has 0 aliphatic heterocycles. The summed E-state index contributed by atoms with van der Waals surface area (Å²) in [6.07, 6.45) is 0. The first kappa shape index (κ1) is 11.7. The molecular formula is C13H13Cl2N. The monoisotopic (exact) mass is 253 g/mol. The fourth-order valence-corrected chi connectivity index (χ4v) is 2.25. The van der Waals surface area contributed by atoms with Crippen molar-refractivity contribution < 1.29 is 0 Å². The van der Waals surface area contributed by atoms with Crippen molar-refractivity contribution in [3.8, 4) is 0 Å². The fraction of sp³-hybridized carbons (Fsp3) is 0.231. The van der Waals surface area contributed by atoms with E-state index in [1.54, 1.807) is 0 Å². The lowest BCUT2D eigenvalue weighted by Crippen LogP contribution is -2.10. The van der Waals surface area contributed by atoms with E-state index >= 15 is 0 Å². The molecule has 84 valence electrons. The quantitative estimate of drug-likeness (QED) is 0.776. The van der Waals surface area contributed by atoms with E-state index in [9.17, 15) is 0 Å². The van der Waals surface area contributed by atoms with Gasteiger partial charge in [0.15, 0.2) is 0 Å². The van der Waals surface area contributed by atoms with Gasteiger partial charge in [-0.2, -0.15) is 0 Å². The smallest absolute Gasteiger partial charge is 0.0529 e. The lowest BCUT2D eigenvalue weighted by atomic mass is 10.1. The van der Waals surface area contributed by atoms with Crippen LogP contribution in [0.25, 0.3) is 10.8 Å². The molecule has 0 radical (unpaired) electrons. The Balaban J connectivity index is 2.56. The van der Waals surface area contributed by atoms with Gasteiger partial charge in [-0.15, -0.1) is 0 Å². The first-order chi connectivity index (χ1) is 7.58. The zero-order valence-electron chi connectivity index (χ0n) is 9.30. The maximum atomic E-state index is 6.37. The second-order valence-electron chi connectivity index (χ2n) is 4.14. The molecule has 0 saturated heterocycles. The van der Waals surface area contributed by atoms with Crippen LogP contribution in [-0.4, -0.2) is 19.0 Å². The Morgan fingerprint density at radius 1 is 1.06 bits per heavy atom. The van der Waals surface area contributed by atoms with Crippen LogP contribution in [0.2, 0.25) is 10.0 Å². The molecule has 0 atom stereocenters. The Kier molecular flexibility index (Phi) is 3.38. The molecule has 3 heteroatoms. The Bertz CT molecular complexity index is 521. The van der Waals surface area contributed by atoms with Crippen LogP contribution in [0.15, 0.2) is 30.3 Å². The number of rotatable bonds is 2. The van der Waals surface area contributed by atoms with Gasteiger partial charge in [-0.1, -0.05) is 41.4 Å². The van der Waals surface area contributed by atoms with Gasteiger partial charge in [0.1, 0.15) is 0 Å². The summed E-state index contributed by atoms with van der Waals surface area (Å²) in [6, 6.07) is 9.89. The zero-order chi connectivity index (χ0) is 11.7. The van der Waals surface area contributed by atoms with Crippen LogP contribution in [-0.2, 0) is 6.54 Å². The summed E-state index contributed by atoms with van der Waals surface area (Å²) in [5.74, 6) is 0. The van der Waals surface area contributed by atoms with E-state index < -0.39 is 0 Å². The van der Waals surface area contributed by atoms with Gasteiger partial charge in [-0.05, 0) is 37.2 Å². The maximum absolute atomic E-state index is 6.37. The summed E-state index contributed by atoms with van der Waals surface area (Å²) in [4.78, 5) is 2.10. The summed E-state index contributed by atoms with van der Waals surface area (Å²) in [5, 5.41) is 3.71. The molecule has 2 rings (SSSR count). The molecular weight excluding hydrogens is 241 g/mol. The highest BCUT2D eigenvalue weighted by Gasteiger charge is 2.06. The van der Waals surface area contributed by atoms with Gasteiger partial charge in [0.05, 0.1) is 5.02 Å². The number of halogens is 2. The van der Waals surface area contributed by atoms with E-state index in [0.29, 0.717) is 0 Å². The molecule has 1 nitrogen and oxygen atoms in total. The molecule has 0 N–H and O–H groups in total. The van der Waals surface area contributed by atoms with E-state index in [0.717, 1.165) is 32.9 Å². The molecule has 0 aliphatic carbocycles. The molecule has 0 bridgehead atoms. The number of hydrogen-bond donors (Lipinski definition) is 0. The van der Waals surface area contributed by atoms with E-state index in [1.807, 2.05) is 32.3 Å². The molecule has 16 heavy (non-hydrogen) atoms. The Labute approximate surface area is 106 Å². The summed E-state index contributed by atoms with van der Waals surface area (Å²) >= 11 is 12.3. The van der Waals surface area contributed by atoms with Gasteiger partial charge >= 0.3 is 0 Å². The lowest BCUT2D eigenvalue weighted by molar-refractivity contribution is 0.403. The molecule has 0 heterocycles. The highest BCUT2D eigenvalue weighted by molar-refractivity contribution is 6.37. The second kappa shape index (κ2) is 4.62. The average molecular weight is 254 g/mol. The van der Waals surface area contributed by atoms with Gasteiger partial charge in [0.25, 0.3) is 0 Å². The van der Waals surface area contributed by atoms with Crippen LogP contribution in [0.3, 0.4) is 0 Å². The van der Waals surface area contributed by atoms with E-state index in [-0.39, 0.29) is 0 Å². The van der Waals surface area contributed by atoms with Crippen LogP contribution < -0.4 is 0 Å². The number of nitrogens with zero attached hydrogens (tertiary/aromatic N) is 1. The lowest BCUT2D eigenvalue weighted by Gasteiger charge is -2.12. The van der Waals surface area contributed by atoms with Crippen LogP contribution in [0.1, 0.15) is 5.56 Å². The van der Waals surface area contributed by atoms with E-state index in [1.165, 1.54) is 0 Å². The van der Waals surface area contributed by atoms with Gasteiger partial charge in [-0.3, -0.25) is 0 Å². The van der Waals surface area contributed by atoms with Crippen molar-refractivity contribution in [1.82, 2.24) is 4.90 Å². The first-order valence-corrected chi connectivity index (χ1v) is 5.85.